The van der Waals surface area contributed by atoms with Crippen LogP contribution >= 0.6 is 11.7 Å². The minimum absolute atomic E-state index is 0.0128. The minimum Gasteiger partial charge on any atom is -0.483 e. The van der Waals surface area contributed by atoms with Crippen LogP contribution in [0, 0.1) is 5.92 Å². The van der Waals surface area contributed by atoms with E-state index in [4.69, 9.17) is 4.74 Å². The summed E-state index contributed by atoms with van der Waals surface area (Å²) in [7, 11) is 0. The van der Waals surface area contributed by atoms with Crippen molar-refractivity contribution in [2.75, 3.05) is 6.61 Å². The van der Waals surface area contributed by atoms with Gasteiger partial charge in [-0.3, -0.25) is 4.79 Å². The summed E-state index contributed by atoms with van der Waals surface area (Å²) in [5, 5.41) is 9.58. The average molecular weight is 492 g/mol. The predicted molar refractivity (Wildman–Crippen MR) is 109 cm³/mol. The Balaban J connectivity index is 2.29. The molecule has 2 aromatic carbocycles. The molecule has 5 nitrogen and oxygen atoms in total. The maximum atomic E-state index is 14.1. The summed E-state index contributed by atoms with van der Waals surface area (Å²) in [6, 6.07) is 5.56. The fourth-order valence-corrected chi connectivity index (χ4v) is 3.94. The largest absolute Gasteiger partial charge is 0.483 e. The maximum absolute atomic E-state index is 14.1. The van der Waals surface area contributed by atoms with E-state index < -0.39 is 47.7 Å². The Labute approximate surface area is 188 Å². The molecule has 0 fully saturated rings. The van der Waals surface area contributed by atoms with Crippen LogP contribution in [-0.4, -0.2) is 32.6 Å². The molecule has 0 bridgehead atoms. The number of nitrogens with zero attached hydrogens (tertiary/aromatic N) is 2. The number of ether oxygens (including phenoxy) is 1. The normalized spacial score (nSPS) is 13.5. The van der Waals surface area contributed by atoms with E-state index in [0.29, 0.717) is 11.6 Å². The van der Waals surface area contributed by atoms with Crippen molar-refractivity contribution < 1.29 is 41.0 Å². The lowest BCUT2D eigenvalue weighted by atomic mass is 9.86. The number of halogens is 6. The zero-order valence-corrected chi connectivity index (χ0v) is 18.1. The van der Waals surface area contributed by atoms with Crippen molar-refractivity contribution in [1.82, 2.24) is 8.75 Å². The lowest BCUT2D eigenvalue weighted by molar-refractivity contribution is -0.153. The summed E-state index contributed by atoms with van der Waals surface area (Å²) in [5.74, 6) is -3.66. The average Bonchev–Trinajstić information content (AvgIpc) is 3.16. The first-order valence-corrected chi connectivity index (χ1v) is 10.4. The molecule has 1 atom stereocenters. The molecule has 33 heavy (non-hydrogen) atoms. The van der Waals surface area contributed by atoms with E-state index in [-0.39, 0.29) is 29.0 Å². The molecule has 1 heterocycles. The number of fused-ring (bicyclic) bond motifs is 1. The number of hydrogen-bond donors (Lipinski definition) is 1. The number of benzene rings is 2. The molecular formula is C21H18F6N2O3S. The highest BCUT2D eigenvalue weighted by molar-refractivity contribution is 7.00. The summed E-state index contributed by atoms with van der Waals surface area (Å²) in [6.45, 7) is 1.53. The molecule has 178 valence electrons. The SMILES string of the molecule is CC(C)C[C@@H](C(=O)O)c1cc(OCC(F)(F)F)c(-c2ccc3nsnc3c2)c(C(F)(F)F)c1. The first-order valence-electron chi connectivity index (χ1n) is 9.66. The van der Waals surface area contributed by atoms with Gasteiger partial charge in [-0.25, -0.2) is 0 Å². The van der Waals surface area contributed by atoms with E-state index >= 15 is 0 Å². The Bertz CT molecular complexity index is 1160. The summed E-state index contributed by atoms with van der Waals surface area (Å²) in [5.41, 5.74) is -1.62. The highest BCUT2D eigenvalue weighted by Crippen LogP contribution is 2.45. The van der Waals surface area contributed by atoms with Crippen molar-refractivity contribution in [2.24, 2.45) is 5.92 Å². The van der Waals surface area contributed by atoms with E-state index in [2.05, 4.69) is 8.75 Å². The summed E-state index contributed by atoms with van der Waals surface area (Å²) >= 11 is 0.832. The number of rotatable bonds is 7. The van der Waals surface area contributed by atoms with Gasteiger partial charge >= 0.3 is 18.3 Å². The van der Waals surface area contributed by atoms with Crippen LogP contribution in [0.2, 0.25) is 0 Å². The fraction of sp³-hybridized carbons (Fsp3) is 0.381. The van der Waals surface area contributed by atoms with Gasteiger partial charge in [0.1, 0.15) is 16.8 Å². The summed E-state index contributed by atoms with van der Waals surface area (Å²) in [4.78, 5) is 11.8. The van der Waals surface area contributed by atoms with Gasteiger partial charge in [-0.2, -0.15) is 35.1 Å². The maximum Gasteiger partial charge on any atom is 0.422 e. The summed E-state index contributed by atoms with van der Waals surface area (Å²) in [6.07, 6.45) is -9.84. The first-order chi connectivity index (χ1) is 15.3. The lowest BCUT2D eigenvalue weighted by Crippen LogP contribution is -2.21. The number of carbonyl (C=O) groups is 1. The molecule has 3 rings (SSSR count). The van der Waals surface area contributed by atoms with Crippen molar-refractivity contribution in [3.63, 3.8) is 0 Å². The second kappa shape index (κ2) is 9.16. The fourth-order valence-electron chi connectivity index (χ4n) is 3.42. The number of carboxylic acids is 1. The van der Waals surface area contributed by atoms with Gasteiger partial charge in [0, 0.05) is 5.56 Å². The lowest BCUT2D eigenvalue weighted by Gasteiger charge is -2.23. The number of carboxylic acid groups (broad SMARTS) is 1. The van der Waals surface area contributed by atoms with Gasteiger partial charge in [-0.15, -0.1) is 0 Å². The molecule has 1 N–H and O–H groups in total. The molecule has 0 amide bonds. The van der Waals surface area contributed by atoms with E-state index in [1.807, 2.05) is 0 Å². The van der Waals surface area contributed by atoms with Gasteiger partial charge < -0.3 is 9.84 Å². The second-order valence-corrected chi connectivity index (χ2v) is 8.36. The second-order valence-electron chi connectivity index (χ2n) is 7.83. The Kier molecular flexibility index (Phi) is 6.87. The van der Waals surface area contributed by atoms with E-state index in [9.17, 15) is 36.2 Å². The molecule has 0 aliphatic carbocycles. The third-order valence-corrected chi connectivity index (χ3v) is 5.33. The quantitative estimate of drug-likeness (QED) is 0.380. The molecule has 0 aliphatic heterocycles. The molecule has 0 saturated carbocycles. The van der Waals surface area contributed by atoms with E-state index in [1.165, 1.54) is 18.2 Å². The molecule has 0 radical (unpaired) electrons. The molecule has 1 aromatic heterocycles. The van der Waals surface area contributed by atoms with Gasteiger partial charge in [-0.1, -0.05) is 19.9 Å². The highest BCUT2D eigenvalue weighted by atomic mass is 32.1. The van der Waals surface area contributed by atoms with Crippen molar-refractivity contribution in [1.29, 1.82) is 0 Å². The Morgan fingerprint density at radius 1 is 1.06 bits per heavy atom. The smallest absolute Gasteiger partial charge is 0.422 e. The van der Waals surface area contributed by atoms with Gasteiger partial charge in [0.05, 0.1) is 23.2 Å². The van der Waals surface area contributed by atoms with Crippen LogP contribution in [0.1, 0.15) is 37.3 Å². The topological polar surface area (TPSA) is 72.3 Å². The zero-order valence-electron chi connectivity index (χ0n) is 17.3. The van der Waals surface area contributed by atoms with Gasteiger partial charge in [0.15, 0.2) is 6.61 Å². The number of aliphatic carboxylic acids is 1. The zero-order chi connectivity index (χ0) is 24.6. The Hall–Kier alpha value is -2.89. The van der Waals surface area contributed by atoms with E-state index in [1.54, 1.807) is 13.8 Å². The van der Waals surface area contributed by atoms with Crippen LogP contribution in [0.3, 0.4) is 0 Å². The van der Waals surface area contributed by atoms with Crippen LogP contribution in [0.4, 0.5) is 26.3 Å². The Morgan fingerprint density at radius 2 is 1.73 bits per heavy atom. The third kappa shape index (κ3) is 5.92. The van der Waals surface area contributed by atoms with Crippen LogP contribution in [-0.2, 0) is 11.0 Å². The molecule has 3 aromatic rings. The van der Waals surface area contributed by atoms with Crippen molar-refractivity contribution in [3.8, 4) is 16.9 Å². The molecule has 12 heteroatoms. The van der Waals surface area contributed by atoms with Crippen LogP contribution < -0.4 is 4.74 Å². The minimum atomic E-state index is -5.00. The molecule has 0 unspecified atom stereocenters. The standard InChI is InChI=1S/C21H18F6N2O3S/c1-10(2)5-13(19(30)31)12-6-14(21(25,26)27)18(17(8-12)32-9-20(22,23)24)11-3-4-15-16(7-11)29-33-28-15/h3-4,6-8,10,13H,5,9H2,1-2H3,(H,30,31)/t13-/m1/s1. The molecule has 0 saturated heterocycles. The van der Waals surface area contributed by atoms with Crippen molar-refractivity contribution in [3.05, 3.63) is 41.5 Å². The molecular weight excluding hydrogens is 474 g/mol. The van der Waals surface area contributed by atoms with Crippen LogP contribution in [0.25, 0.3) is 22.2 Å². The number of aromatic nitrogens is 2. The monoisotopic (exact) mass is 492 g/mol. The van der Waals surface area contributed by atoms with Crippen LogP contribution in [0.5, 0.6) is 5.75 Å². The van der Waals surface area contributed by atoms with Crippen molar-refractivity contribution >= 4 is 28.7 Å². The van der Waals surface area contributed by atoms with Gasteiger partial charge in [-0.05, 0) is 47.7 Å². The van der Waals surface area contributed by atoms with Crippen LogP contribution in [0.15, 0.2) is 30.3 Å². The third-order valence-electron chi connectivity index (χ3n) is 4.77. The predicted octanol–water partition coefficient (Wildman–Crippen LogP) is 6.53. The number of alkyl halides is 6. The van der Waals surface area contributed by atoms with Gasteiger partial charge in [0.25, 0.3) is 0 Å². The molecule has 0 spiro atoms. The van der Waals surface area contributed by atoms with Gasteiger partial charge in [0.2, 0.25) is 0 Å². The summed E-state index contributed by atoms with van der Waals surface area (Å²) < 4.78 is 93.7. The first kappa shape index (κ1) is 24.7. The van der Waals surface area contributed by atoms with E-state index in [0.717, 1.165) is 17.8 Å². The molecule has 0 aliphatic rings. The Morgan fingerprint density at radius 3 is 2.30 bits per heavy atom. The number of hydrogen-bond acceptors (Lipinski definition) is 5. The highest BCUT2D eigenvalue weighted by Gasteiger charge is 2.38. The van der Waals surface area contributed by atoms with Crippen molar-refractivity contribution in [2.45, 2.75) is 38.5 Å².